The summed E-state index contributed by atoms with van der Waals surface area (Å²) in [7, 11) is 1.88. The van der Waals surface area contributed by atoms with E-state index in [-0.39, 0.29) is 0 Å². The van der Waals surface area contributed by atoms with E-state index in [1.165, 1.54) is 12.8 Å². The lowest BCUT2D eigenvalue weighted by molar-refractivity contribution is 0.924. The normalized spacial score (nSPS) is 14.2. The molecule has 5 heteroatoms. The number of hydrogen-bond donors (Lipinski definition) is 2. The lowest BCUT2D eigenvalue weighted by Crippen LogP contribution is -2.06. The van der Waals surface area contributed by atoms with Crippen molar-refractivity contribution in [3.8, 4) is 0 Å². The van der Waals surface area contributed by atoms with E-state index >= 15 is 0 Å². The summed E-state index contributed by atoms with van der Waals surface area (Å²) in [6.07, 6.45) is 2.37. The maximum Gasteiger partial charge on any atom is 0.139 e. The van der Waals surface area contributed by atoms with Crippen LogP contribution in [0.1, 0.15) is 30.1 Å². The first-order chi connectivity index (χ1) is 9.67. The van der Waals surface area contributed by atoms with E-state index in [4.69, 9.17) is 11.6 Å². The molecule has 0 atom stereocenters. The van der Waals surface area contributed by atoms with Crippen molar-refractivity contribution in [2.45, 2.75) is 25.7 Å². The number of aromatic nitrogens is 2. The predicted octanol–water partition coefficient (Wildman–Crippen LogP) is 4.10. The lowest BCUT2D eigenvalue weighted by atomic mass is 10.2. The van der Waals surface area contributed by atoms with Gasteiger partial charge in [-0.05, 0) is 38.0 Å². The Kier molecular flexibility index (Phi) is 3.49. The molecule has 1 aliphatic rings. The van der Waals surface area contributed by atoms with Crippen LogP contribution in [0.4, 0.5) is 17.3 Å². The first kappa shape index (κ1) is 13.2. The number of nitrogens with zero attached hydrogens (tertiary/aromatic N) is 2. The molecule has 1 aliphatic carbocycles. The lowest BCUT2D eigenvalue weighted by Gasteiger charge is -2.13. The predicted molar refractivity (Wildman–Crippen MR) is 83.0 cm³/mol. The molecule has 0 saturated heterocycles. The molecule has 0 bridgehead atoms. The van der Waals surface area contributed by atoms with Crippen LogP contribution in [0.5, 0.6) is 0 Å². The van der Waals surface area contributed by atoms with Crippen LogP contribution in [0.25, 0.3) is 0 Å². The Balaban J connectivity index is 1.97. The van der Waals surface area contributed by atoms with Crippen molar-refractivity contribution in [2.75, 3.05) is 17.7 Å². The van der Waals surface area contributed by atoms with Gasteiger partial charge in [0, 0.05) is 29.2 Å². The van der Waals surface area contributed by atoms with Crippen molar-refractivity contribution in [3.63, 3.8) is 0 Å². The van der Waals surface area contributed by atoms with Gasteiger partial charge in [0.2, 0.25) is 0 Å². The molecule has 1 saturated carbocycles. The second kappa shape index (κ2) is 5.29. The number of halogens is 1. The van der Waals surface area contributed by atoms with Crippen molar-refractivity contribution < 1.29 is 0 Å². The Hall–Kier alpha value is -1.81. The summed E-state index contributed by atoms with van der Waals surface area (Å²) < 4.78 is 0. The molecule has 1 aromatic heterocycles. The van der Waals surface area contributed by atoms with Crippen molar-refractivity contribution in [3.05, 3.63) is 40.7 Å². The van der Waals surface area contributed by atoms with Crippen LogP contribution in [0.3, 0.4) is 0 Å². The third-order valence-electron chi connectivity index (χ3n) is 3.43. The highest BCUT2D eigenvalue weighted by Crippen LogP contribution is 2.39. The highest BCUT2D eigenvalue weighted by molar-refractivity contribution is 6.30. The average Bonchev–Trinajstić information content (AvgIpc) is 3.25. The minimum Gasteiger partial charge on any atom is -0.373 e. The second-order valence-electron chi connectivity index (χ2n) is 5.06. The molecule has 1 fully saturated rings. The van der Waals surface area contributed by atoms with Crippen LogP contribution in [-0.4, -0.2) is 17.0 Å². The Morgan fingerprint density at radius 3 is 2.60 bits per heavy atom. The topological polar surface area (TPSA) is 49.8 Å². The zero-order valence-electron chi connectivity index (χ0n) is 11.6. The molecule has 20 heavy (non-hydrogen) atoms. The fourth-order valence-electron chi connectivity index (χ4n) is 2.13. The maximum atomic E-state index is 6.02. The molecule has 2 aromatic rings. The van der Waals surface area contributed by atoms with Crippen molar-refractivity contribution >= 4 is 28.9 Å². The van der Waals surface area contributed by atoms with Crippen LogP contribution in [0.15, 0.2) is 24.3 Å². The van der Waals surface area contributed by atoms with E-state index in [0.717, 1.165) is 28.7 Å². The maximum absolute atomic E-state index is 6.02. The molecule has 0 aliphatic heterocycles. The molecule has 4 nitrogen and oxygen atoms in total. The van der Waals surface area contributed by atoms with E-state index in [1.807, 2.05) is 38.2 Å². The van der Waals surface area contributed by atoms with Gasteiger partial charge in [-0.1, -0.05) is 17.7 Å². The summed E-state index contributed by atoms with van der Waals surface area (Å²) >= 11 is 6.02. The van der Waals surface area contributed by atoms with Crippen LogP contribution < -0.4 is 10.6 Å². The summed E-state index contributed by atoms with van der Waals surface area (Å²) in [5.74, 6) is 3.16. The van der Waals surface area contributed by atoms with Crippen LogP contribution in [0.2, 0.25) is 5.02 Å². The minimum atomic E-state index is 0.516. The molecule has 0 unspecified atom stereocenters. The van der Waals surface area contributed by atoms with Gasteiger partial charge in [0.1, 0.15) is 17.5 Å². The smallest absolute Gasteiger partial charge is 0.139 e. The zero-order chi connectivity index (χ0) is 14.1. The third-order valence-corrected chi connectivity index (χ3v) is 3.66. The van der Waals surface area contributed by atoms with Gasteiger partial charge in [0.05, 0.1) is 0 Å². The van der Waals surface area contributed by atoms with Gasteiger partial charge in [-0.2, -0.15) is 0 Å². The summed E-state index contributed by atoms with van der Waals surface area (Å²) in [5.41, 5.74) is 1.94. The van der Waals surface area contributed by atoms with Crippen molar-refractivity contribution in [1.29, 1.82) is 0 Å². The standard InChI is InChI=1S/C15H17ClN4/c1-9-13(17-2)19-15(10-6-7-10)20-14(9)18-12-5-3-4-11(16)8-12/h3-5,8,10H,6-7H2,1-2H3,(H2,17,18,19,20). The van der Waals surface area contributed by atoms with Crippen molar-refractivity contribution in [2.24, 2.45) is 0 Å². The first-order valence-electron chi connectivity index (χ1n) is 6.76. The molecule has 3 rings (SSSR count). The monoisotopic (exact) mass is 288 g/mol. The van der Waals surface area contributed by atoms with Gasteiger partial charge in [-0.15, -0.1) is 0 Å². The van der Waals surface area contributed by atoms with Gasteiger partial charge < -0.3 is 10.6 Å². The third kappa shape index (κ3) is 2.70. The molecular formula is C15H17ClN4. The van der Waals surface area contributed by atoms with Crippen LogP contribution in [0, 0.1) is 6.92 Å². The first-order valence-corrected chi connectivity index (χ1v) is 7.14. The number of anilines is 3. The molecule has 0 radical (unpaired) electrons. The number of rotatable bonds is 4. The number of hydrogen-bond acceptors (Lipinski definition) is 4. The Morgan fingerprint density at radius 2 is 1.95 bits per heavy atom. The highest BCUT2D eigenvalue weighted by Gasteiger charge is 2.28. The molecule has 0 amide bonds. The summed E-state index contributed by atoms with van der Waals surface area (Å²) in [6.45, 7) is 2.01. The molecular weight excluding hydrogens is 272 g/mol. The van der Waals surface area contributed by atoms with E-state index in [0.29, 0.717) is 10.9 Å². The second-order valence-corrected chi connectivity index (χ2v) is 5.50. The van der Waals surface area contributed by atoms with Gasteiger partial charge >= 0.3 is 0 Å². The van der Waals surface area contributed by atoms with Gasteiger partial charge in [0.25, 0.3) is 0 Å². The van der Waals surface area contributed by atoms with E-state index in [9.17, 15) is 0 Å². The number of benzene rings is 1. The Morgan fingerprint density at radius 1 is 1.20 bits per heavy atom. The quantitative estimate of drug-likeness (QED) is 0.889. The largest absolute Gasteiger partial charge is 0.373 e. The Bertz CT molecular complexity index is 638. The van der Waals surface area contributed by atoms with Gasteiger partial charge in [0.15, 0.2) is 0 Å². The van der Waals surface area contributed by atoms with E-state index < -0.39 is 0 Å². The summed E-state index contributed by atoms with van der Waals surface area (Å²) in [5, 5.41) is 7.18. The molecule has 2 N–H and O–H groups in total. The molecule has 0 spiro atoms. The van der Waals surface area contributed by atoms with Crippen LogP contribution in [-0.2, 0) is 0 Å². The van der Waals surface area contributed by atoms with Gasteiger partial charge in [-0.25, -0.2) is 9.97 Å². The van der Waals surface area contributed by atoms with E-state index in [1.54, 1.807) is 0 Å². The summed E-state index contributed by atoms with van der Waals surface area (Å²) in [6, 6.07) is 7.64. The minimum absolute atomic E-state index is 0.516. The molecule has 1 heterocycles. The SMILES string of the molecule is CNc1nc(C2CC2)nc(Nc2cccc(Cl)c2)c1C. The summed E-state index contributed by atoms with van der Waals surface area (Å²) in [4.78, 5) is 9.25. The zero-order valence-corrected chi connectivity index (χ0v) is 12.3. The molecule has 104 valence electrons. The van der Waals surface area contributed by atoms with Crippen LogP contribution >= 0.6 is 11.6 Å². The average molecular weight is 289 g/mol. The molecule has 1 aromatic carbocycles. The fraction of sp³-hybridized carbons (Fsp3) is 0.333. The van der Waals surface area contributed by atoms with Crippen molar-refractivity contribution in [1.82, 2.24) is 9.97 Å². The fourth-order valence-corrected chi connectivity index (χ4v) is 2.32. The van der Waals surface area contributed by atoms with E-state index in [2.05, 4.69) is 20.6 Å². The highest BCUT2D eigenvalue weighted by atomic mass is 35.5. The Labute approximate surface area is 123 Å². The van der Waals surface area contributed by atoms with Gasteiger partial charge in [-0.3, -0.25) is 0 Å². The number of nitrogens with one attached hydrogen (secondary N) is 2.